The fourth-order valence-corrected chi connectivity index (χ4v) is 0.224. The first-order valence-electron chi connectivity index (χ1n) is 2.81. The van der Waals surface area contributed by atoms with Gasteiger partial charge in [0.15, 0.2) is 0 Å². The second-order valence-electron chi connectivity index (χ2n) is 0.789. The topological polar surface area (TPSA) is 36.1 Å². The van der Waals surface area contributed by atoms with Gasteiger partial charge < -0.3 is 0 Å². The van der Waals surface area contributed by atoms with Crippen molar-refractivity contribution in [2.75, 3.05) is 13.3 Å². The highest BCUT2D eigenvalue weighted by molar-refractivity contribution is 4.43. The minimum Gasteiger partial charge on any atom is -0.290 e. The molecule has 1 rings (SSSR count). The van der Waals surface area contributed by atoms with Gasteiger partial charge in [0.25, 0.3) is 0 Å². The van der Waals surface area contributed by atoms with Crippen LogP contribution in [0.3, 0.4) is 0 Å². The number of hydrogen-bond donors (Lipinski definition) is 3. The Morgan fingerprint density at radius 2 is 2.00 bits per heavy atom. The van der Waals surface area contributed by atoms with Crippen LogP contribution in [-0.2, 0) is 0 Å². The molecule has 30 valence electrons. The van der Waals surface area contributed by atoms with E-state index in [4.69, 9.17) is 4.24 Å². The molecule has 0 spiro atoms. The molecule has 1 saturated heterocycles. The Morgan fingerprint density at radius 3 is 2.20 bits per heavy atom. The van der Waals surface area contributed by atoms with Gasteiger partial charge in [-0.05, 0) is 0 Å². The summed E-state index contributed by atoms with van der Waals surface area (Å²) in [5, 5.41) is 1.12. The molecular weight excluding hydrogens is 66.0 g/mol. The molecule has 0 aliphatic carbocycles. The molecule has 1 aliphatic heterocycles. The van der Waals surface area contributed by atoms with E-state index < -0.39 is 0 Å². The molecule has 0 aromatic carbocycles. The Hall–Kier alpha value is -0.120. The van der Waals surface area contributed by atoms with Crippen LogP contribution in [0.2, 0.25) is 4.24 Å². The summed E-state index contributed by atoms with van der Waals surface area (Å²) in [7, 11) is 0. The molecule has 0 saturated carbocycles. The van der Waals surface area contributed by atoms with E-state index >= 15 is 0 Å². The largest absolute Gasteiger partial charge is 0.290 e. The molecule has 1 aliphatic rings. The maximum atomic E-state index is 6.90. The molecule has 1 fully saturated rings. The number of nitrogens with one attached hydrogen (secondary N) is 3. The maximum absolute atomic E-state index is 6.90. The van der Waals surface area contributed by atoms with Crippen molar-refractivity contribution in [2.45, 2.75) is 0 Å². The summed E-state index contributed by atoms with van der Waals surface area (Å²) >= 11 is 0. The van der Waals surface area contributed by atoms with E-state index in [2.05, 4.69) is 0 Å². The van der Waals surface area contributed by atoms with Gasteiger partial charge in [0.2, 0.25) is 0 Å². The van der Waals surface area contributed by atoms with Gasteiger partial charge in [0.1, 0.15) is 4.24 Å². The van der Waals surface area contributed by atoms with E-state index in [-0.39, 0.29) is 13.3 Å². The first-order valence-corrected chi connectivity index (χ1v) is 1.46. The molecule has 5 heavy (non-hydrogen) atoms. The van der Waals surface area contributed by atoms with E-state index in [0.29, 0.717) is 0 Å². The van der Waals surface area contributed by atoms with E-state index in [9.17, 15) is 0 Å². The lowest BCUT2D eigenvalue weighted by atomic mass is 11.1. The zero-order chi connectivity index (χ0) is 6.15. The Balaban J connectivity index is 2.39. The van der Waals surface area contributed by atoms with Gasteiger partial charge in [0, 0.05) is 0 Å². The van der Waals surface area contributed by atoms with Crippen LogP contribution in [-0.4, -0.2) is 13.3 Å². The van der Waals surface area contributed by atoms with Crippen LogP contribution in [0.4, 0.5) is 0 Å². The maximum Gasteiger partial charge on any atom is 0.143 e. The van der Waals surface area contributed by atoms with Crippen LogP contribution in [0.5, 0.6) is 0 Å². The first kappa shape index (κ1) is 1.18. The smallest absolute Gasteiger partial charge is 0.143 e. The minimum absolute atomic E-state index is 0.198. The Bertz CT molecular complexity index is 78.6. The fraction of sp³-hybridized carbons (Fsp3) is 1.00. The summed E-state index contributed by atoms with van der Waals surface area (Å²) in [5.74, 6) is 0. The molecule has 3 heteroatoms. The Labute approximate surface area is 35.1 Å². The minimum atomic E-state index is 0.198. The molecular formula is C2H7N3. The summed E-state index contributed by atoms with van der Waals surface area (Å²) < 4.78 is 20.7. The quantitative estimate of drug-likeness (QED) is 0.332. The van der Waals surface area contributed by atoms with Crippen molar-refractivity contribution in [3.8, 4) is 0 Å². The van der Waals surface area contributed by atoms with Crippen molar-refractivity contribution in [3.63, 3.8) is 0 Å². The zero-order valence-corrected chi connectivity index (χ0v) is 2.76. The summed E-state index contributed by atoms with van der Waals surface area (Å²) in [6.45, 7) is 0.396. The molecule has 0 aromatic rings. The van der Waals surface area contributed by atoms with Crippen molar-refractivity contribution in [1.82, 2.24) is 16.1 Å². The average Bonchev–Trinajstić information content (AvgIpc) is 1.85. The molecule has 0 amide bonds. The fourth-order valence-electron chi connectivity index (χ4n) is 0.224. The summed E-state index contributed by atoms with van der Waals surface area (Å²) in [4.78, 5) is 0. The third-order valence-corrected chi connectivity index (χ3v) is 0.426. The molecule has 0 aromatic heterocycles. The van der Waals surface area contributed by atoms with Gasteiger partial charge in [-0.2, -0.15) is 0 Å². The normalized spacial score (nSPS) is 44.4. The molecule has 3 N–H and O–H groups in total. The zero-order valence-electron chi connectivity index (χ0n) is 5.76. The van der Waals surface area contributed by atoms with E-state index in [1.54, 1.807) is 0 Å². The Kier molecular flexibility index (Phi) is 0.320. The van der Waals surface area contributed by atoms with Gasteiger partial charge in [-0.15, -0.1) is 0 Å². The van der Waals surface area contributed by atoms with Gasteiger partial charge in [-0.3, -0.25) is 5.31 Å². The lowest BCUT2D eigenvalue weighted by Gasteiger charge is -1.78. The Morgan fingerprint density at radius 1 is 1.40 bits per heavy atom. The molecule has 0 unspecified atom stereocenters. The van der Waals surface area contributed by atoms with Crippen LogP contribution in [0.1, 0.15) is 0 Å². The summed E-state index contributed by atoms with van der Waals surface area (Å²) in [6.07, 6.45) is 0. The lowest BCUT2D eigenvalue weighted by molar-refractivity contribution is 0.689. The second-order valence-corrected chi connectivity index (χ2v) is 0.789. The molecule has 0 radical (unpaired) electrons. The van der Waals surface area contributed by atoms with Crippen molar-refractivity contribution < 1.29 is 4.24 Å². The molecule has 1 heterocycles. The van der Waals surface area contributed by atoms with Crippen LogP contribution in [0.15, 0.2) is 0 Å². The third kappa shape index (κ3) is 0.576. The highest BCUT2D eigenvalue weighted by Gasteiger charge is 1.88. The van der Waals surface area contributed by atoms with Gasteiger partial charge >= 0.3 is 0 Å². The predicted octanol–water partition coefficient (Wildman–Crippen LogP) is -1.40. The van der Waals surface area contributed by atoms with Crippen LogP contribution in [0.25, 0.3) is 0 Å². The van der Waals surface area contributed by atoms with Gasteiger partial charge in [-0.1, -0.05) is 0 Å². The van der Waals surface area contributed by atoms with Crippen molar-refractivity contribution >= 4 is 0 Å². The van der Waals surface area contributed by atoms with Crippen molar-refractivity contribution in [1.29, 1.82) is 0 Å². The highest BCUT2D eigenvalue weighted by Crippen LogP contribution is 1.52. The molecule has 0 bridgehead atoms. The van der Waals surface area contributed by atoms with Crippen LogP contribution < -0.4 is 16.1 Å². The van der Waals surface area contributed by atoms with Crippen LogP contribution >= 0.6 is 0 Å². The summed E-state index contributed by atoms with van der Waals surface area (Å²) in [5.41, 5.74) is 1.82. The highest BCUT2D eigenvalue weighted by atomic mass is 15.5. The van der Waals surface area contributed by atoms with E-state index in [1.807, 2.05) is 0 Å². The first-order chi connectivity index (χ1) is 3.70. The van der Waals surface area contributed by atoms with Gasteiger partial charge in [-0.25, -0.2) is 10.8 Å². The number of rotatable bonds is 0. The molecule has 3 nitrogen and oxygen atoms in total. The summed E-state index contributed by atoms with van der Waals surface area (Å²) in [6, 6.07) is 0. The average molecular weight is 76.1 g/mol. The SMILES string of the molecule is [2H]N1CN([2H])N([2H])C1. The van der Waals surface area contributed by atoms with Crippen molar-refractivity contribution in [3.05, 3.63) is 0 Å². The second kappa shape index (κ2) is 1.35. The predicted molar refractivity (Wildman–Crippen MR) is 19.1 cm³/mol. The number of hydrogen-bond acceptors (Lipinski definition) is 3. The van der Waals surface area contributed by atoms with Gasteiger partial charge in [0.05, 0.1) is 13.3 Å². The van der Waals surface area contributed by atoms with Crippen LogP contribution in [0, 0.1) is 0 Å². The lowest BCUT2D eigenvalue weighted by Crippen LogP contribution is -2.21. The third-order valence-electron chi connectivity index (χ3n) is 0.426. The molecule has 0 atom stereocenters. The van der Waals surface area contributed by atoms with E-state index in [1.165, 1.54) is 0 Å². The van der Waals surface area contributed by atoms with E-state index in [0.717, 1.165) is 16.1 Å². The van der Waals surface area contributed by atoms with Crippen molar-refractivity contribution in [2.24, 2.45) is 0 Å². The standard InChI is InChI=1S/C2H7N3/c1-3-2-5-4-1/h3-5H,1-2H2/i/hD3. The monoisotopic (exact) mass is 76.1 g/mol. The number of hydrazine groups is 1.